The Bertz CT molecular complexity index is 1450. The highest BCUT2D eigenvalue weighted by Crippen LogP contribution is 2.19. The van der Waals surface area contributed by atoms with Crippen LogP contribution in [0.25, 0.3) is 0 Å². The molecule has 0 saturated heterocycles. The lowest BCUT2D eigenvalue weighted by molar-refractivity contribution is 0.0825. The van der Waals surface area contributed by atoms with Gasteiger partial charge in [0.25, 0.3) is 11.8 Å². The van der Waals surface area contributed by atoms with Gasteiger partial charge in [-0.15, -0.1) is 0 Å². The smallest absolute Gasteiger partial charge is 0.251 e. The van der Waals surface area contributed by atoms with E-state index in [0.717, 1.165) is 22.4 Å². The molecule has 0 aliphatic heterocycles. The molecule has 0 radical (unpaired) electrons. The fourth-order valence-corrected chi connectivity index (χ4v) is 4.78. The number of methoxy groups -OCH3 is 1. The van der Waals surface area contributed by atoms with Gasteiger partial charge in [-0.25, -0.2) is 0 Å². The summed E-state index contributed by atoms with van der Waals surface area (Å²) in [5.41, 5.74) is 3.75. The van der Waals surface area contributed by atoms with Crippen LogP contribution < -0.4 is 20.7 Å². The topological polar surface area (TPSA) is 99.7 Å². The molecule has 42 heavy (non-hydrogen) atoms. The Morgan fingerprint density at radius 2 is 1.31 bits per heavy atom. The lowest BCUT2D eigenvalue weighted by Gasteiger charge is -2.26. The predicted octanol–water partition coefficient (Wildman–Crippen LogP) is 5.24. The molecule has 218 valence electrons. The molecule has 7 heteroatoms. The maximum Gasteiger partial charge on any atom is 0.251 e. The number of aliphatic hydroxyl groups excluding tert-OH is 1. The van der Waals surface area contributed by atoms with E-state index in [1.807, 2.05) is 98.8 Å². The number of aliphatic hydroxyl groups is 1. The minimum Gasteiger partial charge on any atom is -0.497 e. The minimum absolute atomic E-state index is 0.0451. The Morgan fingerprint density at radius 1 is 0.714 bits per heavy atom. The van der Waals surface area contributed by atoms with Crippen molar-refractivity contribution in [3.8, 4) is 5.75 Å². The average Bonchev–Trinajstić information content (AvgIpc) is 3.04. The number of amides is 2. The van der Waals surface area contributed by atoms with Gasteiger partial charge >= 0.3 is 0 Å². The highest BCUT2D eigenvalue weighted by atomic mass is 16.5. The second-order valence-corrected chi connectivity index (χ2v) is 10.4. The summed E-state index contributed by atoms with van der Waals surface area (Å²) in [6.45, 7) is 4.19. The van der Waals surface area contributed by atoms with Crippen LogP contribution >= 0.6 is 0 Å². The number of carbonyl (C=O) groups is 2. The van der Waals surface area contributed by atoms with Crippen LogP contribution in [0.2, 0.25) is 0 Å². The van der Waals surface area contributed by atoms with Crippen molar-refractivity contribution < 1.29 is 19.4 Å². The van der Waals surface area contributed by atoms with E-state index in [9.17, 15) is 14.7 Å². The zero-order chi connectivity index (χ0) is 29.9. The van der Waals surface area contributed by atoms with Crippen molar-refractivity contribution >= 4 is 11.8 Å². The molecular weight excluding hydrogens is 526 g/mol. The first-order valence-electron chi connectivity index (χ1n) is 14.2. The van der Waals surface area contributed by atoms with Crippen molar-refractivity contribution in [1.82, 2.24) is 16.0 Å². The number of hydrogen-bond donors (Lipinski definition) is 4. The van der Waals surface area contributed by atoms with Crippen molar-refractivity contribution in [2.45, 2.75) is 44.5 Å². The number of ether oxygens (including phenoxy) is 1. The van der Waals surface area contributed by atoms with Crippen molar-refractivity contribution in [3.05, 3.63) is 137 Å². The van der Waals surface area contributed by atoms with Crippen LogP contribution in [0.1, 0.15) is 63.3 Å². The second-order valence-electron chi connectivity index (χ2n) is 10.4. The van der Waals surface area contributed by atoms with Crippen molar-refractivity contribution in [3.63, 3.8) is 0 Å². The summed E-state index contributed by atoms with van der Waals surface area (Å²) in [5.74, 6) is 0.139. The van der Waals surface area contributed by atoms with Crippen LogP contribution in [0.5, 0.6) is 5.75 Å². The average molecular weight is 566 g/mol. The Balaban J connectivity index is 1.44. The molecule has 4 N–H and O–H groups in total. The fourth-order valence-electron chi connectivity index (χ4n) is 4.78. The van der Waals surface area contributed by atoms with Crippen molar-refractivity contribution in [2.75, 3.05) is 13.7 Å². The molecule has 0 aliphatic rings. The molecule has 7 nitrogen and oxygen atoms in total. The summed E-state index contributed by atoms with van der Waals surface area (Å²) in [7, 11) is 1.63. The molecule has 4 aromatic carbocycles. The summed E-state index contributed by atoms with van der Waals surface area (Å²) in [5, 5.41) is 20.6. The molecule has 4 aromatic rings. The van der Waals surface area contributed by atoms with Gasteiger partial charge in [0.15, 0.2) is 0 Å². The summed E-state index contributed by atoms with van der Waals surface area (Å²) >= 11 is 0. The Morgan fingerprint density at radius 3 is 1.98 bits per heavy atom. The molecule has 4 atom stereocenters. The third kappa shape index (κ3) is 8.52. The Hall–Kier alpha value is -4.46. The highest BCUT2D eigenvalue weighted by molar-refractivity contribution is 5.99. The molecule has 0 aromatic heterocycles. The normalized spacial score (nSPS) is 13.8. The van der Waals surface area contributed by atoms with Crippen molar-refractivity contribution in [1.29, 1.82) is 0 Å². The molecule has 0 aliphatic carbocycles. The van der Waals surface area contributed by atoms with Crippen molar-refractivity contribution in [2.24, 2.45) is 0 Å². The number of rotatable bonds is 13. The van der Waals surface area contributed by atoms with Gasteiger partial charge in [-0.1, -0.05) is 78.9 Å². The minimum atomic E-state index is -0.875. The molecule has 4 rings (SSSR count). The molecule has 0 heterocycles. The summed E-state index contributed by atoms with van der Waals surface area (Å²) in [4.78, 5) is 26.4. The van der Waals surface area contributed by atoms with Gasteiger partial charge in [-0.2, -0.15) is 0 Å². The predicted molar refractivity (Wildman–Crippen MR) is 166 cm³/mol. The standard InChI is InChI=1S/C35H39N3O4/c1-24(28-16-11-19-31(22-28)42-3)36-23-33(39)32(20-26-12-6-4-7-13-26)38-35(41)30-18-10-17-29(21-30)34(40)37-25(2)27-14-8-5-9-15-27/h4-19,21-22,24-25,32-33,36,39H,20,23H2,1-3H3,(H,37,40)(H,38,41)/t24-,25+,32+,33-/m1/s1. The first kappa shape index (κ1) is 30.5. The second kappa shape index (κ2) is 15.0. The van der Waals surface area contributed by atoms with E-state index in [4.69, 9.17) is 4.74 Å². The van der Waals surface area contributed by atoms with Gasteiger partial charge < -0.3 is 25.8 Å². The molecule has 0 fully saturated rings. The molecule has 0 spiro atoms. The Kier molecular flexibility index (Phi) is 10.9. The lowest BCUT2D eigenvalue weighted by atomic mass is 9.99. The van der Waals surface area contributed by atoms with Gasteiger partial charge in [-0.05, 0) is 67.3 Å². The number of benzene rings is 4. The molecule has 0 unspecified atom stereocenters. The van der Waals surface area contributed by atoms with Crippen LogP contribution in [0.3, 0.4) is 0 Å². The molecule has 0 saturated carbocycles. The Labute approximate surface area is 247 Å². The number of nitrogens with one attached hydrogen (secondary N) is 3. The van der Waals surface area contributed by atoms with E-state index in [2.05, 4.69) is 16.0 Å². The van der Waals surface area contributed by atoms with Crippen LogP contribution in [0.15, 0.2) is 109 Å². The zero-order valence-electron chi connectivity index (χ0n) is 24.3. The van der Waals surface area contributed by atoms with E-state index >= 15 is 0 Å². The monoisotopic (exact) mass is 565 g/mol. The summed E-state index contributed by atoms with van der Waals surface area (Å²) < 4.78 is 5.33. The van der Waals surface area contributed by atoms with Gasteiger partial charge in [0, 0.05) is 23.7 Å². The quantitative estimate of drug-likeness (QED) is 0.178. The van der Waals surface area contributed by atoms with Crippen LogP contribution in [-0.4, -0.2) is 42.7 Å². The van der Waals surface area contributed by atoms with Crippen LogP contribution in [0, 0.1) is 0 Å². The zero-order valence-corrected chi connectivity index (χ0v) is 24.3. The van der Waals surface area contributed by atoms with Gasteiger partial charge in [0.05, 0.1) is 25.3 Å². The number of carbonyl (C=O) groups excluding carboxylic acids is 2. The lowest BCUT2D eigenvalue weighted by Crippen LogP contribution is -2.49. The molecule has 0 bridgehead atoms. The molecule has 2 amide bonds. The highest BCUT2D eigenvalue weighted by Gasteiger charge is 2.24. The maximum atomic E-state index is 13.4. The summed E-state index contributed by atoms with van der Waals surface area (Å²) in [6.07, 6.45) is -0.432. The van der Waals surface area contributed by atoms with Gasteiger partial charge in [-0.3, -0.25) is 9.59 Å². The van der Waals surface area contributed by atoms with E-state index in [1.165, 1.54) is 0 Å². The van der Waals surface area contributed by atoms with E-state index in [0.29, 0.717) is 17.5 Å². The first-order chi connectivity index (χ1) is 20.3. The van der Waals surface area contributed by atoms with Gasteiger partial charge in [0.1, 0.15) is 5.75 Å². The molecular formula is C35H39N3O4. The van der Waals surface area contributed by atoms with Crippen LogP contribution in [-0.2, 0) is 6.42 Å². The third-order valence-electron chi connectivity index (χ3n) is 7.34. The van der Waals surface area contributed by atoms with Gasteiger partial charge in [0.2, 0.25) is 0 Å². The first-order valence-corrected chi connectivity index (χ1v) is 14.2. The van der Waals surface area contributed by atoms with E-state index < -0.39 is 12.1 Å². The third-order valence-corrected chi connectivity index (χ3v) is 7.34. The summed E-state index contributed by atoms with van der Waals surface area (Å²) in [6, 6.07) is 33.0. The fraction of sp³-hybridized carbons (Fsp3) is 0.257. The van der Waals surface area contributed by atoms with E-state index in [-0.39, 0.29) is 30.4 Å². The maximum absolute atomic E-state index is 13.4. The van der Waals surface area contributed by atoms with E-state index in [1.54, 1.807) is 31.4 Å². The number of hydrogen-bond acceptors (Lipinski definition) is 5. The SMILES string of the molecule is COc1cccc([C@@H](C)NC[C@@H](O)[C@H](Cc2ccccc2)NC(=O)c2cccc(C(=O)N[C@@H](C)c3ccccc3)c2)c1. The van der Waals surface area contributed by atoms with Crippen LogP contribution in [0.4, 0.5) is 0 Å². The largest absolute Gasteiger partial charge is 0.497 e.